The van der Waals surface area contributed by atoms with Crippen LogP contribution in [0, 0.1) is 5.92 Å². The zero-order valence-corrected chi connectivity index (χ0v) is 15.7. The van der Waals surface area contributed by atoms with E-state index in [-0.39, 0.29) is 11.8 Å². The lowest BCUT2D eigenvalue weighted by Crippen LogP contribution is -2.40. The molecule has 0 radical (unpaired) electrons. The predicted molar refractivity (Wildman–Crippen MR) is 108 cm³/mol. The van der Waals surface area contributed by atoms with Crippen molar-refractivity contribution in [3.05, 3.63) is 72.6 Å². The normalized spacial score (nSPS) is 14.6. The lowest BCUT2D eigenvalue weighted by Gasteiger charge is -2.31. The Hall–Kier alpha value is -3.28. The largest absolute Gasteiger partial charge is 0.355 e. The maximum absolute atomic E-state index is 12.4. The second-order valence-electron chi connectivity index (χ2n) is 6.98. The zero-order valence-electron chi connectivity index (χ0n) is 15.7. The summed E-state index contributed by atoms with van der Waals surface area (Å²) in [5, 5.41) is 11.8. The Kier molecular flexibility index (Phi) is 5.56. The van der Waals surface area contributed by atoms with Gasteiger partial charge in [0.15, 0.2) is 5.82 Å². The molecule has 1 amide bonds. The highest BCUT2D eigenvalue weighted by atomic mass is 16.1. The molecular weight excluding hydrogens is 350 g/mol. The van der Waals surface area contributed by atoms with Crippen LogP contribution in [0.1, 0.15) is 18.4 Å². The van der Waals surface area contributed by atoms with Gasteiger partial charge in [0.2, 0.25) is 5.91 Å². The molecule has 4 rings (SSSR count). The number of anilines is 1. The van der Waals surface area contributed by atoms with Gasteiger partial charge in [0, 0.05) is 43.5 Å². The summed E-state index contributed by atoms with van der Waals surface area (Å²) < 4.78 is 0. The second kappa shape index (κ2) is 8.61. The third-order valence-corrected chi connectivity index (χ3v) is 5.13. The number of benzene rings is 1. The van der Waals surface area contributed by atoms with E-state index in [0.29, 0.717) is 6.54 Å². The molecule has 0 atom stereocenters. The predicted octanol–water partition coefficient (Wildman–Crippen LogP) is 3.07. The third-order valence-electron chi connectivity index (χ3n) is 5.13. The summed E-state index contributed by atoms with van der Waals surface area (Å²) in [6.45, 7) is 2.17. The van der Waals surface area contributed by atoms with Gasteiger partial charge in [-0.3, -0.25) is 9.78 Å². The van der Waals surface area contributed by atoms with Crippen LogP contribution in [0.5, 0.6) is 0 Å². The van der Waals surface area contributed by atoms with E-state index in [1.165, 1.54) is 0 Å². The number of amides is 1. The molecule has 2 aromatic heterocycles. The van der Waals surface area contributed by atoms with E-state index in [2.05, 4.69) is 25.4 Å². The van der Waals surface area contributed by atoms with E-state index in [9.17, 15) is 4.79 Å². The Balaban J connectivity index is 1.29. The summed E-state index contributed by atoms with van der Waals surface area (Å²) >= 11 is 0. The van der Waals surface area contributed by atoms with Crippen LogP contribution in [-0.2, 0) is 11.3 Å². The quantitative estimate of drug-likeness (QED) is 0.744. The fourth-order valence-electron chi connectivity index (χ4n) is 3.46. The molecule has 6 heteroatoms. The number of carbonyl (C=O) groups is 1. The molecule has 1 fully saturated rings. The van der Waals surface area contributed by atoms with Crippen LogP contribution in [0.2, 0.25) is 0 Å². The van der Waals surface area contributed by atoms with Crippen molar-refractivity contribution in [2.45, 2.75) is 19.4 Å². The first-order valence-electron chi connectivity index (χ1n) is 9.60. The maximum Gasteiger partial charge on any atom is 0.223 e. The van der Waals surface area contributed by atoms with Crippen LogP contribution in [-0.4, -0.2) is 34.2 Å². The fraction of sp³-hybridized carbons (Fsp3) is 0.273. The standard InChI is InChI=1S/C22H23N5O/c28-22(24-16-17-8-12-23-13-9-17)19-10-14-27(15-11-19)21-7-6-20(25-26-21)18-4-2-1-3-5-18/h1-9,12-13,19H,10-11,14-16H2,(H,24,28). The van der Waals surface area contributed by atoms with Gasteiger partial charge < -0.3 is 10.2 Å². The summed E-state index contributed by atoms with van der Waals surface area (Å²) in [6, 6.07) is 17.9. The molecule has 0 saturated carbocycles. The topological polar surface area (TPSA) is 71.0 Å². The number of hydrogen-bond donors (Lipinski definition) is 1. The summed E-state index contributed by atoms with van der Waals surface area (Å²) in [7, 11) is 0. The summed E-state index contributed by atoms with van der Waals surface area (Å²) in [5.74, 6) is 1.05. The number of rotatable bonds is 5. The molecule has 0 bridgehead atoms. The third kappa shape index (κ3) is 4.34. The molecule has 0 aliphatic carbocycles. The average Bonchev–Trinajstić information content (AvgIpc) is 2.79. The van der Waals surface area contributed by atoms with Crippen LogP contribution in [0.3, 0.4) is 0 Å². The SMILES string of the molecule is O=C(NCc1ccncc1)C1CCN(c2ccc(-c3ccccc3)nn2)CC1. The van der Waals surface area contributed by atoms with Crippen LogP contribution in [0.25, 0.3) is 11.3 Å². The van der Waals surface area contributed by atoms with Gasteiger partial charge in [-0.1, -0.05) is 30.3 Å². The molecule has 142 valence electrons. The maximum atomic E-state index is 12.4. The molecule has 1 saturated heterocycles. The second-order valence-corrected chi connectivity index (χ2v) is 6.98. The molecule has 1 aliphatic rings. The Morgan fingerprint density at radius 3 is 2.39 bits per heavy atom. The molecule has 0 unspecified atom stereocenters. The summed E-state index contributed by atoms with van der Waals surface area (Å²) in [6.07, 6.45) is 5.13. The van der Waals surface area contributed by atoms with E-state index in [1.807, 2.05) is 54.6 Å². The van der Waals surface area contributed by atoms with Gasteiger partial charge in [0.25, 0.3) is 0 Å². The van der Waals surface area contributed by atoms with Crippen molar-refractivity contribution < 1.29 is 4.79 Å². The fourth-order valence-corrected chi connectivity index (χ4v) is 3.46. The number of aromatic nitrogens is 3. The molecular formula is C22H23N5O. The van der Waals surface area contributed by atoms with Crippen molar-refractivity contribution in [2.24, 2.45) is 5.92 Å². The van der Waals surface area contributed by atoms with Crippen LogP contribution in [0.15, 0.2) is 67.0 Å². The smallest absolute Gasteiger partial charge is 0.223 e. The highest BCUT2D eigenvalue weighted by molar-refractivity contribution is 5.79. The number of nitrogens with zero attached hydrogens (tertiary/aromatic N) is 4. The highest BCUT2D eigenvalue weighted by Crippen LogP contribution is 2.23. The van der Waals surface area contributed by atoms with Crippen molar-refractivity contribution in [2.75, 3.05) is 18.0 Å². The summed E-state index contributed by atoms with van der Waals surface area (Å²) in [5.41, 5.74) is 3.00. The molecule has 28 heavy (non-hydrogen) atoms. The van der Waals surface area contributed by atoms with E-state index in [1.54, 1.807) is 12.4 Å². The van der Waals surface area contributed by atoms with Gasteiger partial charge in [-0.25, -0.2) is 0 Å². The average molecular weight is 373 g/mol. The molecule has 1 aliphatic heterocycles. The van der Waals surface area contributed by atoms with Crippen molar-refractivity contribution in [1.29, 1.82) is 0 Å². The summed E-state index contributed by atoms with van der Waals surface area (Å²) in [4.78, 5) is 18.6. The van der Waals surface area contributed by atoms with Gasteiger partial charge >= 0.3 is 0 Å². The van der Waals surface area contributed by atoms with Crippen molar-refractivity contribution in [3.63, 3.8) is 0 Å². The highest BCUT2D eigenvalue weighted by Gasteiger charge is 2.25. The molecule has 0 spiro atoms. The number of pyridine rings is 1. The lowest BCUT2D eigenvalue weighted by atomic mass is 9.96. The Labute approximate surface area is 164 Å². The zero-order chi connectivity index (χ0) is 19.2. The van der Waals surface area contributed by atoms with Gasteiger partial charge in [0.1, 0.15) is 0 Å². The molecule has 3 heterocycles. The van der Waals surface area contributed by atoms with E-state index < -0.39 is 0 Å². The van der Waals surface area contributed by atoms with Gasteiger partial charge in [-0.2, -0.15) is 0 Å². The monoisotopic (exact) mass is 373 g/mol. The van der Waals surface area contributed by atoms with E-state index in [4.69, 9.17) is 0 Å². The van der Waals surface area contributed by atoms with E-state index >= 15 is 0 Å². The Bertz CT molecular complexity index is 891. The lowest BCUT2D eigenvalue weighted by molar-refractivity contribution is -0.125. The van der Waals surface area contributed by atoms with Gasteiger partial charge in [-0.15, -0.1) is 10.2 Å². The Morgan fingerprint density at radius 1 is 0.964 bits per heavy atom. The first-order chi connectivity index (χ1) is 13.8. The number of piperidine rings is 1. The van der Waals surface area contributed by atoms with Crippen molar-refractivity contribution in [1.82, 2.24) is 20.5 Å². The molecule has 3 aromatic rings. The molecule has 1 N–H and O–H groups in total. The minimum atomic E-state index is 0.0506. The first-order valence-corrected chi connectivity index (χ1v) is 9.60. The number of carbonyl (C=O) groups excluding carboxylic acids is 1. The van der Waals surface area contributed by atoms with Crippen LogP contribution >= 0.6 is 0 Å². The number of nitrogens with one attached hydrogen (secondary N) is 1. The Morgan fingerprint density at radius 2 is 1.71 bits per heavy atom. The first kappa shape index (κ1) is 18.1. The van der Waals surface area contributed by atoms with Gasteiger partial charge in [0.05, 0.1) is 5.69 Å². The minimum absolute atomic E-state index is 0.0506. The van der Waals surface area contributed by atoms with Gasteiger partial charge in [-0.05, 0) is 42.7 Å². The molecule has 1 aromatic carbocycles. The minimum Gasteiger partial charge on any atom is -0.355 e. The van der Waals surface area contributed by atoms with Crippen molar-refractivity contribution >= 4 is 11.7 Å². The molecule has 6 nitrogen and oxygen atoms in total. The van der Waals surface area contributed by atoms with E-state index in [0.717, 1.165) is 48.6 Å². The van der Waals surface area contributed by atoms with Crippen LogP contribution in [0.4, 0.5) is 5.82 Å². The number of hydrogen-bond acceptors (Lipinski definition) is 5. The van der Waals surface area contributed by atoms with Crippen molar-refractivity contribution in [3.8, 4) is 11.3 Å². The van der Waals surface area contributed by atoms with Crippen LogP contribution < -0.4 is 10.2 Å².